The third kappa shape index (κ3) is 2.37. The Balaban J connectivity index is 2.37. The molecule has 3 rings (SSSR count). The van der Waals surface area contributed by atoms with E-state index in [0.717, 1.165) is 33.6 Å². The van der Waals surface area contributed by atoms with Crippen LogP contribution in [0.1, 0.15) is 12.6 Å². The third-order valence-corrected chi connectivity index (χ3v) is 3.79. The highest BCUT2D eigenvalue weighted by molar-refractivity contribution is 5.93. The molecule has 1 aromatic carbocycles. The first-order valence-electron chi connectivity index (χ1n) is 7.29. The minimum Gasteiger partial charge on any atom is -0.497 e. The molecule has 0 unspecified atom stereocenters. The number of pyridine rings is 2. The van der Waals surface area contributed by atoms with Gasteiger partial charge in [-0.2, -0.15) is 0 Å². The minimum absolute atomic E-state index is 0.0362. The van der Waals surface area contributed by atoms with Gasteiger partial charge in [-0.15, -0.1) is 0 Å². The van der Waals surface area contributed by atoms with Crippen LogP contribution in [0, 0.1) is 6.92 Å². The lowest BCUT2D eigenvalue weighted by Gasteiger charge is -2.12. The standard InChI is InChI=1S/C18H18N2O2/c1-4-20-17(21)11-16(13-6-5-7-14(10-13)22-3)15-9-8-12(2)19-18(15)20/h5-11H,4H2,1-3H3. The summed E-state index contributed by atoms with van der Waals surface area (Å²) in [6, 6.07) is 13.4. The molecule has 0 saturated carbocycles. The zero-order chi connectivity index (χ0) is 15.7. The largest absolute Gasteiger partial charge is 0.497 e. The van der Waals surface area contributed by atoms with E-state index in [-0.39, 0.29) is 5.56 Å². The summed E-state index contributed by atoms with van der Waals surface area (Å²) in [4.78, 5) is 17.0. The fourth-order valence-corrected chi connectivity index (χ4v) is 2.68. The van der Waals surface area contributed by atoms with Gasteiger partial charge >= 0.3 is 0 Å². The summed E-state index contributed by atoms with van der Waals surface area (Å²) < 4.78 is 6.98. The summed E-state index contributed by atoms with van der Waals surface area (Å²) in [5, 5.41) is 0.973. The first-order valence-corrected chi connectivity index (χ1v) is 7.29. The molecule has 2 heterocycles. The molecule has 4 heteroatoms. The molecular weight excluding hydrogens is 276 g/mol. The lowest BCUT2D eigenvalue weighted by molar-refractivity contribution is 0.415. The van der Waals surface area contributed by atoms with Gasteiger partial charge in [-0.1, -0.05) is 12.1 Å². The second-order valence-electron chi connectivity index (χ2n) is 5.20. The zero-order valence-electron chi connectivity index (χ0n) is 13.0. The van der Waals surface area contributed by atoms with E-state index < -0.39 is 0 Å². The molecule has 0 saturated heterocycles. The number of rotatable bonds is 3. The lowest BCUT2D eigenvalue weighted by Crippen LogP contribution is -2.20. The molecule has 0 fully saturated rings. The summed E-state index contributed by atoms with van der Waals surface area (Å²) in [5.41, 5.74) is 3.43. The number of fused-ring (bicyclic) bond motifs is 1. The Labute approximate surface area is 129 Å². The Morgan fingerprint density at radius 3 is 2.73 bits per heavy atom. The van der Waals surface area contributed by atoms with Crippen molar-refractivity contribution in [2.45, 2.75) is 20.4 Å². The van der Waals surface area contributed by atoms with Crippen molar-refractivity contribution in [3.05, 3.63) is 58.5 Å². The molecule has 0 radical (unpaired) electrons. The van der Waals surface area contributed by atoms with Crippen molar-refractivity contribution in [1.29, 1.82) is 0 Å². The van der Waals surface area contributed by atoms with E-state index in [1.807, 2.05) is 50.2 Å². The number of nitrogens with zero attached hydrogens (tertiary/aromatic N) is 2. The maximum absolute atomic E-state index is 12.4. The van der Waals surface area contributed by atoms with Crippen LogP contribution in [-0.4, -0.2) is 16.7 Å². The van der Waals surface area contributed by atoms with Crippen molar-refractivity contribution in [2.24, 2.45) is 0 Å². The van der Waals surface area contributed by atoms with Crippen LogP contribution in [0.15, 0.2) is 47.3 Å². The molecule has 2 aromatic heterocycles. The van der Waals surface area contributed by atoms with Gasteiger partial charge < -0.3 is 4.74 Å². The number of aromatic nitrogens is 2. The van der Waals surface area contributed by atoms with Crippen LogP contribution in [-0.2, 0) is 6.54 Å². The average Bonchev–Trinajstić information content (AvgIpc) is 2.54. The number of methoxy groups -OCH3 is 1. The topological polar surface area (TPSA) is 44.1 Å². The Hall–Kier alpha value is -2.62. The zero-order valence-corrected chi connectivity index (χ0v) is 13.0. The molecular formula is C18H18N2O2. The van der Waals surface area contributed by atoms with Gasteiger partial charge in [0.25, 0.3) is 5.56 Å². The van der Waals surface area contributed by atoms with Crippen molar-refractivity contribution < 1.29 is 4.74 Å². The molecule has 0 amide bonds. The molecule has 0 atom stereocenters. The smallest absolute Gasteiger partial charge is 0.252 e. The number of ether oxygens (including phenoxy) is 1. The summed E-state index contributed by atoms with van der Waals surface area (Å²) in [6.07, 6.45) is 0. The molecule has 0 spiro atoms. The van der Waals surface area contributed by atoms with Crippen molar-refractivity contribution >= 4 is 11.0 Å². The van der Waals surface area contributed by atoms with Gasteiger partial charge in [0.05, 0.1) is 7.11 Å². The van der Waals surface area contributed by atoms with Crippen molar-refractivity contribution in [3.8, 4) is 16.9 Å². The highest BCUT2D eigenvalue weighted by Crippen LogP contribution is 2.29. The van der Waals surface area contributed by atoms with Crippen LogP contribution in [0.3, 0.4) is 0 Å². The average molecular weight is 294 g/mol. The molecule has 0 aliphatic heterocycles. The van der Waals surface area contributed by atoms with E-state index in [0.29, 0.717) is 6.54 Å². The SMILES string of the molecule is CCn1c(=O)cc(-c2cccc(OC)c2)c2ccc(C)nc21. The van der Waals surface area contributed by atoms with Crippen LogP contribution < -0.4 is 10.3 Å². The molecule has 0 aliphatic carbocycles. The van der Waals surface area contributed by atoms with Crippen LogP contribution >= 0.6 is 0 Å². The lowest BCUT2D eigenvalue weighted by atomic mass is 10.0. The molecule has 3 aromatic rings. The second-order valence-corrected chi connectivity index (χ2v) is 5.20. The normalized spacial score (nSPS) is 10.9. The highest BCUT2D eigenvalue weighted by atomic mass is 16.5. The summed E-state index contributed by atoms with van der Waals surface area (Å²) >= 11 is 0. The van der Waals surface area contributed by atoms with Crippen LogP contribution in [0.25, 0.3) is 22.2 Å². The first kappa shape index (κ1) is 14.3. The monoisotopic (exact) mass is 294 g/mol. The maximum Gasteiger partial charge on any atom is 0.252 e. The van der Waals surface area contributed by atoms with Crippen molar-refractivity contribution in [1.82, 2.24) is 9.55 Å². The van der Waals surface area contributed by atoms with E-state index in [4.69, 9.17) is 4.74 Å². The fraction of sp³-hybridized carbons (Fsp3) is 0.222. The van der Waals surface area contributed by atoms with Gasteiger partial charge in [0.1, 0.15) is 11.4 Å². The molecule has 0 aliphatic rings. The highest BCUT2D eigenvalue weighted by Gasteiger charge is 2.11. The van der Waals surface area contributed by atoms with E-state index in [1.54, 1.807) is 17.7 Å². The summed E-state index contributed by atoms with van der Waals surface area (Å²) in [6.45, 7) is 4.49. The molecule has 22 heavy (non-hydrogen) atoms. The van der Waals surface area contributed by atoms with E-state index >= 15 is 0 Å². The van der Waals surface area contributed by atoms with Gasteiger partial charge in [-0.05, 0) is 49.2 Å². The van der Waals surface area contributed by atoms with Crippen LogP contribution in [0.2, 0.25) is 0 Å². The first-order chi connectivity index (χ1) is 10.6. The van der Waals surface area contributed by atoms with Gasteiger partial charge in [-0.3, -0.25) is 9.36 Å². The van der Waals surface area contributed by atoms with Gasteiger partial charge in [-0.25, -0.2) is 4.98 Å². The van der Waals surface area contributed by atoms with Crippen LogP contribution in [0.5, 0.6) is 5.75 Å². The predicted molar refractivity (Wildman–Crippen MR) is 88.4 cm³/mol. The van der Waals surface area contributed by atoms with Crippen molar-refractivity contribution in [2.75, 3.05) is 7.11 Å². The Morgan fingerprint density at radius 2 is 2.00 bits per heavy atom. The van der Waals surface area contributed by atoms with E-state index in [2.05, 4.69) is 4.98 Å². The summed E-state index contributed by atoms with van der Waals surface area (Å²) in [7, 11) is 1.64. The van der Waals surface area contributed by atoms with E-state index in [1.165, 1.54) is 0 Å². The maximum atomic E-state index is 12.4. The quantitative estimate of drug-likeness (QED) is 0.743. The van der Waals surface area contributed by atoms with Crippen LogP contribution in [0.4, 0.5) is 0 Å². The third-order valence-electron chi connectivity index (χ3n) is 3.79. The van der Waals surface area contributed by atoms with E-state index in [9.17, 15) is 4.79 Å². The minimum atomic E-state index is -0.0362. The van der Waals surface area contributed by atoms with Gasteiger partial charge in [0.2, 0.25) is 0 Å². The fourth-order valence-electron chi connectivity index (χ4n) is 2.68. The van der Waals surface area contributed by atoms with Gasteiger partial charge in [0.15, 0.2) is 0 Å². The predicted octanol–water partition coefficient (Wildman–Crippen LogP) is 3.40. The molecule has 0 bridgehead atoms. The molecule has 112 valence electrons. The molecule has 4 nitrogen and oxygen atoms in total. The van der Waals surface area contributed by atoms with Crippen molar-refractivity contribution in [3.63, 3.8) is 0 Å². The Bertz CT molecular complexity index is 897. The summed E-state index contributed by atoms with van der Waals surface area (Å²) in [5.74, 6) is 0.769. The second kappa shape index (κ2) is 5.64. The number of hydrogen-bond donors (Lipinski definition) is 0. The Morgan fingerprint density at radius 1 is 1.18 bits per heavy atom. The number of hydrogen-bond acceptors (Lipinski definition) is 3. The number of benzene rings is 1. The number of aryl methyl sites for hydroxylation is 2. The van der Waals surface area contributed by atoms with Gasteiger partial charge in [0, 0.05) is 23.7 Å². The molecule has 0 N–H and O–H groups in total. The Kier molecular flexibility index (Phi) is 3.67.